The molecule has 3 heteroatoms. The van der Waals surface area contributed by atoms with Gasteiger partial charge in [0.05, 0.1) is 12.5 Å². The Kier molecular flexibility index (Phi) is 4.58. The first-order valence-corrected chi connectivity index (χ1v) is 5.90. The Labute approximate surface area is 92.8 Å². The SMILES string of the molecule is CC(C)COCC1CCN(C(C)C)C1=O. The van der Waals surface area contributed by atoms with Crippen molar-refractivity contribution in [1.29, 1.82) is 0 Å². The van der Waals surface area contributed by atoms with E-state index in [2.05, 4.69) is 27.7 Å². The Morgan fingerprint density at radius 3 is 2.53 bits per heavy atom. The lowest BCUT2D eigenvalue weighted by molar-refractivity contribution is -0.134. The summed E-state index contributed by atoms with van der Waals surface area (Å²) in [6.45, 7) is 10.6. The van der Waals surface area contributed by atoms with Crippen molar-refractivity contribution in [3.63, 3.8) is 0 Å². The quantitative estimate of drug-likeness (QED) is 0.698. The number of rotatable bonds is 5. The van der Waals surface area contributed by atoms with Crippen LogP contribution >= 0.6 is 0 Å². The van der Waals surface area contributed by atoms with E-state index in [0.29, 0.717) is 18.6 Å². The molecule has 1 atom stereocenters. The van der Waals surface area contributed by atoms with Crippen molar-refractivity contribution in [1.82, 2.24) is 4.90 Å². The molecule has 0 aliphatic carbocycles. The van der Waals surface area contributed by atoms with Crippen LogP contribution in [0.15, 0.2) is 0 Å². The lowest BCUT2D eigenvalue weighted by atomic mass is 10.1. The van der Waals surface area contributed by atoms with E-state index < -0.39 is 0 Å². The molecule has 0 N–H and O–H groups in total. The first-order valence-electron chi connectivity index (χ1n) is 5.90. The molecule has 88 valence electrons. The summed E-state index contributed by atoms with van der Waals surface area (Å²) in [5, 5.41) is 0. The van der Waals surface area contributed by atoms with Gasteiger partial charge in [-0.15, -0.1) is 0 Å². The fourth-order valence-electron chi connectivity index (χ4n) is 1.88. The summed E-state index contributed by atoms with van der Waals surface area (Å²) in [4.78, 5) is 13.8. The maximum absolute atomic E-state index is 11.9. The number of hydrogen-bond donors (Lipinski definition) is 0. The molecule has 0 spiro atoms. The number of hydrogen-bond acceptors (Lipinski definition) is 2. The van der Waals surface area contributed by atoms with Gasteiger partial charge in [0.1, 0.15) is 0 Å². The van der Waals surface area contributed by atoms with Gasteiger partial charge in [0.15, 0.2) is 0 Å². The summed E-state index contributed by atoms with van der Waals surface area (Å²) < 4.78 is 5.53. The normalized spacial score (nSPS) is 22.1. The zero-order valence-electron chi connectivity index (χ0n) is 10.3. The van der Waals surface area contributed by atoms with Gasteiger partial charge in [-0.25, -0.2) is 0 Å². The van der Waals surface area contributed by atoms with E-state index in [4.69, 9.17) is 4.74 Å². The van der Waals surface area contributed by atoms with Crippen LogP contribution in [0.3, 0.4) is 0 Å². The molecule has 1 rings (SSSR count). The van der Waals surface area contributed by atoms with Crippen molar-refractivity contribution in [2.75, 3.05) is 19.8 Å². The number of nitrogens with zero attached hydrogens (tertiary/aromatic N) is 1. The second-order valence-electron chi connectivity index (χ2n) is 5.04. The maximum atomic E-state index is 11.9. The van der Waals surface area contributed by atoms with Crippen molar-refractivity contribution >= 4 is 5.91 Å². The van der Waals surface area contributed by atoms with E-state index in [1.807, 2.05) is 4.90 Å². The molecule has 1 unspecified atom stereocenters. The molecule has 0 saturated carbocycles. The zero-order chi connectivity index (χ0) is 11.4. The van der Waals surface area contributed by atoms with Crippen LogP contribution in [0.5, 0.6) is 0 Å². The third-order valence-corrected chi connectivity index (χ3v) is 2.74. The van der Waals surface area contributed by atoms with Gasteiger partial charge in [-0.3, -0.25) is 4.79 Å². The third kappa shape index (κ3) is 3.49. The second-order valence-corrected chi connectivity index (χ2v) is 5.04. The van der Waals surface area contributed by atoms with Crippen LogP contribution in [-0.2, 0) is 9.53 Å². The van der Waals surface area contributed by atoms with Gasteiger partial charge in [0.25, 0.3) is 0 Å². The second kappa shape index (κ2) is 5.50. The molecule has 0 aromatic carbocycles. The average Bonchev–Trinajstić information content (AvgIpc) is 2.47. The molecule has 15 heavy (non-hydrogen) atoms. The standard InChI is InChI=1S/C12H23NO2/c1-9(2)7-15-8-11-5-6-13(10(3)4)12(11)14/h9-11H,5-8H2,1-4H3. The minimum Gasteiger partial charge on any atom is -0.380 e. The van der Waals surface area contributed by atoms with E-state index in [1.54, 1.807) is 0 Å². The molecule has 1 heterocycles. The molecule has 0 aromatic heterocycles. The lowest BCUT2D eigenvalue weighted by Gasteiger charge is -2.21. The summed E-state index contributed by atoms with van der Waals surface area (Å²) in [5.74, 6) is 0.919. The molecule has 0 radical (unpaired) electrons. The third-order valence-electron chi connectivity index (χ3n) is 2.74. The summed E-state index contributed by atoms with van der Waals surface area (Å²) in [6.07, 6.45) is 0.953. The van der Waals surface area contributed by atoms with Crippen LogP contribution in [0.25, 0.3) is 0 Å². The van der Waals surface area contributed by atoms with Gasteiger partial charge in [0.2, 0.25) is 5.91 Å². The van der Waals surface area contributed by atoms with Crippen molar-refractivity contribution in [3.8, 4) is 0 Å². The van der Waals surface area contributed by atoms with Gasteiger partial charge in [-0.1, -0.05) is 13.8 Å². The van der Waals surface area contributed by atoms with Crippen molar-refractivity contribution in [2.24, 2.45) is 11.8 Å². The van der Waals surface area contributed by atoms with Crippen molar-refractivity contribution in [2.45, 2.75) is 40.2 Å². The van der Waals surface area contributed by atoms with E-state index >= 15 is 0 Å². The van der Waals surface area contributed by atoms with E-state index in [9.17, 15) is 4.79 Å². The Morgan fingerprint density at radius 2 is 2.07 bits per heavy atom. The maximum Gasteiger partial charge on any atom is 0.228 e. The van der Waals surface area contributed by atoms with E-state index in [-0.39, 0.29) is 11.8 Å². The topological polar surface area (TPSA) is 29.5 Å². The Morgan fingerprint density at radius 1 is 1.40 bits per heavy atom. The van der Waals surface area contributed by atoms with Crippen molar-refractivity contribution < 1.29 is 9.53 Å². The number of carbonyl (C=O) groups is 1. The summed E-state index contributed by atoms with van der Waals surface area (Å²) in [7, 11) is 0. The van der Waals surface area contributed by atoms with Crippen LogP contribution in [0.2, 0.25) is 0 Å². The highest BCUT2D eigenvalue weighted by molar-refractivity contribution is 5.81. The van der Waals surface area contributed by atoms with Gasteiger partial charge in [0, 0.05) is 19.2 Å². The highest BCUT2D eigenvalue weighted by Gasteiger charge is 2.32. The Hall–Kier alpha value is -0.570. The van der Waals surface area contributed by atoms with Gasteiger partial charge in [-0.05, 0) is 26.2 Å². The lowest BCUT2D eigenvalue weighted by Crippen LogP contribution is -2.34. The Bertz CT molecular complexity index is 214. The smallest absolute Gasteiger partial charge is 0.228 e. The molecule has 1 fully saturated rings. The number of amides is 1. The molecular weight excluding hydrogens is 190 g/mol. The predicted molar refractivity (Wildman–Crippen MR) is 60.6 cm³/mol. The molecule has 1 amide bonds. The largest absolute Gasteiger partial charge is 0.380 e. The molecule has 1 aliphatic rings. The fraction of sp³-hybridized carbons (Fsp3) is 0.917. The first kappa shape index (κ1) is 12.5. The first-order chi connectivity index (χ1) is 7.02. The number of carbonyl (C=O) groups excluding carboxylic acids is 1. The van der Waals surface area contributed by atoms with Crippen molar-refractivity contribution in [3.05, 3.63) is 0 Å². The molecule has 1 aliphatic heterocycles. The molecule has 0 aromatic rings. The number of ether oxygens (including phenoxy) is 1. The fourth-order valence-corrected chi connectivity index (χ4v) is 1.88. The van der Waals surface area contributed by atoms with E-state index in [1.165, 1.54) is 0 Å². The molecular formula is C12H23NO2. The van der Waals surface area contributed by atoms with Gasteiger partial charge < -0.3 is 9.64 Å². The van der Waals surface area contributed by atoms with Crippen LogP contribution in [0.4, 0.5) is 0 Å². The summed E-state index contributed by atoms with van der Waals surface area (Å²) >= 11 is 0. The van der Waals surface area contributed by atoms with Crippen LogP contribution in [-0.4, -0.2) is 36.6 Å². The van der Waals surface area contributed by atoms with Crippen LogP contribution in [0, 0.1) is 11.8 Å². The minimum atomic E-state index is 0.103. The van der Waals surface area contributed by atoms with E-state index in [0.717, 1.165) is 19.6 Å². The molecule has 3 nitrogen and oxygen atoms in total. The van der Waals surface area contributed by atoms with Gasteiger partial charge in [-0.2, -0.15) is 0 Å². The predicted octanol–water partition coefficient (Wildman–Crippen LogP) is 1.92. The highest BCUT2D eigenvalue weighted by atomic mass is 16.5. The average molecular weight is 213 g/mol. The summed E-state index contributed by atoms with van der Waals surface area (Å²) in [6, 6.07) is 0.326. The Balaban J connectivity index is 2.30. The number of likely N-dealkylation sites (tertiary alicyclic amines) is 1. The zero-order valence-corrected chi connectivity index (χ0v) is 10.3. The highest BCUT2D eigenvalue weighted by Crippen LogP contribution is 2.20. The molecule has 1 saturated heterocycles. The van der Waals surface area contributed by atoms with Crippen LogP contribution in [0.1, 0.15) is 34.1 Å². The minimum absolute atomic E-state index is 0.103. The molecule has 0 bridgehead atoms. The monoisotopic (exact) mass is 213 g/mol. The van der Waals surface area contributed by atoms with Crippen LogP contribution < -0.4 is 0 Å². The summed E-state index contributed by atoms with van der Waals surface area (Å²) in [5.41, 5.74) is 0. The van der Waals surface area contributed by atoms with Gasteiger partial charge >= 0.3 is 0 Å².